The zero-order valence-electron chi connectivity index (χ0n) is 13.0. The Morgan fingerprint density at radius 2 is 1.95 bits per heavy atom. The van der Waals surface area contributed by atoms with Gasteiger partial charge in [0.2, 0.25) is 0 Å². The molecule has 5 nitrogen and oxygen atoms in total. The summed E-state index contributed by atoms with van der Waals surface area (Å²) in [6.07, 6.45) is 7.59. The van der Waals surface area contributed by atoms with Crippen molar-refractivity contribution in [2.45, 2.75) is 69.9 Å². The molecular formula is C16H30O5. The van der Waals surface area contributed by atoms with Gasteiger partial charge in [-0.2, -0.15) is 0 Å². The van der Waals surface area contributed by atoms with Crippen LogP contribution in [-0.2, 0) is 9.47 Å². The van der Waals surface area contributed by atoms with E-state index in [-0.39, 0.29) is 13.2 Å². The predicted octanol–water partition coefficient (Wildman–Crippen LogP) is 1.40. The number of ether oxygens (including phenoxy) is 2. The molecule has 0 aromatic heterocycles. The fraction of sp³-hybridized carbons (Fsp3) is 0.875. The van der Waals surface area contributed by atoms with Crippen LogP contribution in [0.1, 0.15) is 45.4 Å². The van der Waals surface area contributed by atoms with Gasteiger partial charge in [0.1, 0.15) is 24.4 Å². The molecule has 1 fully saturated rings. The lowest BCUT2D eigenvalue weighted by Crippen LogP contribution is -2.40. The van der Waals surface area contributed by atoms with Gasteiger partial charge in [-0.05, 0) is 25.7 Å². The lowest BCUT2D eigenvalue weighted by Gasteiger charge is -2.20. The molecule has 4 atom stereocenters. The highest BCUT2D eigenvalue weighted by molar-refractivity contribution is 4.87. The Labute approximate surface area is 127 Å². The van der Waals surface area contributed by atoms with Crippen LogP contribution in [0.4, 0.5) is 0 Å². The maximum atomic E-state index is 9.83. The van der Waals surface area contributed by atoms with Crippen molar-refractivity contribution >= 4 is 0 Å². The van der Waals surface area contributed by atoms with Gasteiger partial charge in [-0.1, -0.05) is 31.9 Å². The van der Waals surface area contributed by atoms with Crippen LogP contribution in [0.15, 0.2) is 12.2 Å². The standard InChI is InChI=1S/C16H30O5/c1-2-3-4-5-6-7-8-9-10-20-11-14(18)16-15(19)13(17)12-21-16/h3-4,13-19H,2,5-12H2,1H3/b4-3+/t13-,14+,15+,16+/m0/s1. The molecule has 0 amide bonds. The molecule has 0 aliphatic carbocycles. The lowest BCUT2D eigenvalue weighted by atomic mass is 10.1. The summed E-state index contributed by atoms with van der Waals surface area (Å²) in [4.78, 5) is 0. The summed E-state index contributed by atoms with van der Waals surface area (Å²) in [7, 11) is 0. The molecule has 1 heterocycles. The molecule has 1 rings (SSSR count). The van der Waals surface area contributed by atoms with Gasteiger partial charge in [-0.3, -0.25) is 0 Å². The molecule has 3 N–H and O–H groups in total. The van der Waals surface area contributed by atoms with E-state index >= 15 is 0 Å². The average Bonchev–Trinajstić information content (AvgIpc) is 2.81. The molecule has 0 spiro atoms. The molecule has 21 heavy (non-hydrogen) atoms. The largest absolute Gasteiger partial charge is 0.388 e. The SMILES string of the molecule is CC/C=C/CCCCCCOC[C@@H](O)[C@H]1OC[C@H](O)[C@H]1O. The summed E-state index contributed by atoms with van der Waals surface area (Å²) < 4.78 is 10.5. The van der Waals surface area contributed by atoms with Gasteiger partial charge in [-0.15, -0.1) is 0 Å². The average molecular weight is 302 g/mol. The molecule has 0 aromatic carbocycles. The minimum atomic E-state index is -1.03. The zero-order chi connectivity index (χ0) is 15.5. The molecule has 5 heteroatoms. The van der Waals surface area contributed by atoms with Crippen LogP contribution >= 0.6 is 0 Å². The second kappa shape index (κ2) is 11.2. The molecule has 0 saturated carbocycles. The summed E-state index contributed by atoms with van der Waals surface area (Å²) >= 11 is 0. The van der Waals surface area contributed by atoms with Gasteiger partial charge in [0.25, 0.3) is 0 Å². The van der Waals surface area contributed by atoms with Crippen molar-refractivity contribution in [1.82, 2.24) is 0 Å². The maximum Gasteiger partial charge on any atom is 0.114 e. The van der Waals surface area contributed by atoms with Crippen molar-refractivity contribution in [2.75, 3.05) is 19.8 Å². The minimum Gasteiger partial charge on any atom is -0.388 e. The van der Waals surface area contributed by atoms with E-state index in [0.717, 1.165) is 25.7 Å². The molecule has 0 radical (unpaired) electrons. The smallest absolute Gasteiger partial charge is 0.114 e. The molecule has 0 bridgehead atoms. The van der Waals surface area contributed by atoms with Crippen LogP contribution in [0.25, 0.3) is 0 Å². The van der Waals surface area contributed by atoms with Crippen molar-refractivity contribution < 1.29 is 24.8 Å². The Balaban J connectivity index is 1.93. The number of aliphatic hydroxyl groups is 3. The van der Waals surface area contributed by atoms with E-state index in [0.29, 0.717) is 6.61 Å². The molecule has 0 aromatic rings. The second-order valence-electron chi connectivity index (χ2n) is 5.58. The number of allylic oxidation sites excluding steroid dienone is 2. The Hall–Kier alpha value is -0.460. The first-order chi connectivity index (χ1) is 10.2. The van der Waals surface area contributed by atoms with Crippen molar-refractivity contribution in [3.8, 4) is 0 Å². The van der Waals surface area contributed by atoms with Crippen LogP contribution in [0.3, 0.4) is 0 Å². The highest BCUT2D eigenvalue weighted by atomic mass is 16.5. The molecule has 124 valence electrons. The first kappa shape index (κ1) is 18.6. The van der Waals surface area contributed by atoms with E-state index in [4.69, 9.17) is 9.47 Å². The number of hydrogen-bond donors (Lipinski definition) is 3. The normalized spacial score (nSPS) is 27.5. The first-order valence-electron chi connectivity index (χ1n) is 8.05. The third-order valence-corrected chi connectivity index (χ3v) is 3.67. The van der Waals surface area contributed by atoms with Gasteiger partial charge in [0.15, 0.2) is 0 Å². The van der Waals surface area contributed by atoms with Crippen molar-refractivity contribution in [3.63, 3.8) is 0 Å². The van der Waals surface area contributed by atoms with Gasteiger partial charge < -0.3 is 24.8 Å². The summed E-state index contributed by atoms with van der Waals surface area (Å²) in [5, 5.41) is 28.8. The van der Waals surface area contributed by atoms with Crippen LogP contribution in [0.5, 0.6) is 0 Å². The highest BCUT2D eigenvalue weighted by Crippen LogP contribution is 2.17. The maximum absolute atomic E-state index is 9.83. The number of rotatable bonds is 11. The Kier molecular flexibility index (Phi) is 9.87. The van der Waals surface area contributed by atoms with E-state index in [1.54, 1.807) is 0 Å². The zero-order valence-corrected chi connectivity index (χ0v) is 13.0. The number of unbranched alkanes of at least 4 members (excludes halogenated alkanes) is 4. The third-order valence-electron chi connectivity index (χ3n) is 3.67. The van der Waals surface area contributed by atoms with Crippen molar-refractivity contribution in [2.24, 2.45) is 0 Å². The van der Waals surface area contributed by atoms with Gasteiger partial charge in [0.05, 0.1) is 13.2 Å². The summed E-state index contributed by atoms with van der Waals surface area (Å²) in [5.41, 5.74) is 0. The van der Waals surface area contributed by atoms with Gasteiger partial charge in [-0.25, -0.2) is 0 Å². The van der Waals surface area contributed by atoms with E-state index in [1.807, 2.05) is 0 Å². The molecule has 1 saturated heterocycles. The molecule has 1 aliphatic rings. The number of aliphatic hydroxyl groups excluding tert-OH is 3. The summed E-state index contributed by atoms with van der Waals surface area (Å²) in [6.45, 7) is 2.94. The molecule has 1 aliphatic heterocycles. The topological polar surface area (TPSA) is 79.2 Å². The third kappa shape index (κ3) is 7.38. The van der Waals surface area contributed by atoms with E-state index in [2.05, 4.69) is 19.1 Å². The van der Waals surface area contributed by atoms with E-state index in [9.17, 15) is 15.3 Å². The fourth-order valence-electron chi connectivity index (χ4n) is 2.37. The first-order valence-corrected chi connectivity index (χ1v) is 8.05. The van der Waals surface area contributed by atoms with Gasteiger partial charge >= 0.3 is 0 Å². The van der Waals surface area contributed by atoms with Crippen LogP contribution < -0.4 is 0 Å². The quantitative estimate of drug-likeness (QED) is 0.397. The van der Waals surface area contributed by atoms with Gasteiger partial charge in [0, 0.05) is 6.61 Å². The Morgan fingerprint density at radius 3 is 2.62 bits per heavy atom. The second-order valence-corrected chi connectivity index (χ2v) is 5.58. The highest BCUT2D eigenvalue weighted by Gasteiger charge is 2.39. The summed E-state index contributed by atoms with van der Waals surface area (Å²) in [6, 6.07) is 0. The Morgan fingerprint density at radius 1 is 1.19 bits per heavy atom. The fourth-order valence-corrected chi connectivity index (χ4v) is 2.37. The van der Waals surface area contributed by atoms with E-state index in [1.165, 1.54) is 12.8 Å². The molecular weight excluding hydrogens is 272 g/mol. The Bertz CT molecular complexity index is 282. The summed E-state index contributed by atoms with van der Waals surface area (Å²) in [5.74, 6) is 0. The van der Waals surface area contributed by atoms with Crippen molar-refractivity contribution in [3.05, 3.63) is 12.2 Å². The van der Waals surface area contributed by atoms with Crippen molar-refractivity contribution in [1.29, 1.82) is 0 Å². The monoisotopic (exact) mass is 302 g/mol. The van der Waals surface area contributed by atoms with Crippen LogP contribution in [-0.4, -0.2) is 59.6 Å². The van der Waals surface area contributed by atoms with Crippen LogP contribution in [0.2, 0.25) is 0 Å². The predicted molar refractivity (Wildman–Crippen MR) is 81.1 cm³/mol. The van der Waals surface area contributed by atoms with E-state index < -0.39 is 24.4 Å². The lowest BCUT2D eigenvalue weighted by molar-refractivity contribution is -0.0813. The number of hydrogen-bond acceptors (Lipinski definition) is 5. The van der Waals surface area contributed by atoms with Crippen LogP contribution in [0, 0.1) is 0 Å². The molecule has 0 unspecified atom stereocenters. The minimum absolute atomic E-state index is 0.0649.